The Hall–Kier alpha value is -1.62. The highest BCUT2D eigenvalue weighted by Gasteiger charge is 2.12. The van der Waals surface area contributed by atoms with Crippen LogP contribution in [0.25, 0.3) is 0 Å². The maximum Gasteiger partial charge on any atom is 0.292 e. The number of rotatable bonds is 6. The van der Waals surface area contributed by atoms with Crippen molar-refractivity contribution in [2.24, 2.45) is 0 Å². The van der Waals surface area contributed by atoms with Crippen LogP contribution in [0.4, 0.5) is 11.4 Å². The summed E-state index contributed by atoms with van der Waals surface area (Å²) in [6, 6.07) is 6.79. The van der Waals surface area contributed by atoms with Gasteiger partial charge in [-0.15, -0.1) is 0 Å². The molecule has 98 valence electrons. The van der Waals surface area contributed by atoms with Gasteiger partial charge in [0.05, 0.1) is 4.92 Å². The second-order valence-corrected chi connectivity index (χ2v) is 4.60. The Balaban J connectivity index is 1.77. The standard InChI is InChI=1S/C13H19N3O2/c17-16(18)13-7-2-1-6-12(13)14-8-5-11-15-9-3-4-10-15/h1-2,6-7,14H,3-5,8-11H2. The van der Waals surface area contributed by atoms with Crippen molar-refractivity contribution >= 4 is 11.4 Å². The summed E-state index contributed by atoms with van der Waals surface area (Å²) in [5.74, 6) is 0. The van der Waals surface area contributed by atoms with Crippen LogP contribution in [0.15, 0.2) is 24.3 Å². The van der Waals surface area contributed by atoms with E-state index in [4.69, 9.17) is 0 Å². The minimum absolute atomic E-state index is 0.152. The summed E-state index contributed by atoms with van der Waals surface area (Å²) in [7, 11) is 0. The van der Waals surface area contributed by atoms with Gasteiger partial charge in [-0.3, -0.25) is 10.1 Å². The summed E-state index contributed by atoms with van der Waals surface area (Å²) in [5.41, 5.74) is 0.766. The third-order valence-corrected chi connectivity index (χ3v) is 3.27. The lowest BCUT2D eigenvalue weighted by molar-refractivity contribution is -0.384. The number of para-hydroxylation sites is 2. The van der Waals surface area contributed by atoms with Crippen LogP contribution in [-0.4, -0.2) is 36.0 Å². The van der Waals surface area contributed by atoms with E-state index in [1.807, 2.05) is 6.07 Å². The molecule has 0 bridgehead atoms. The predicted octanol–water partition coefficient (Wildman–Crippen LogP) is 2.49. The third-order valence-electron chi connectivity index (χ3n) is 3.27. The number of nitrogens with zero attached hydrogens (tertiary/aromatic N) is 2. The SMILES string of the molecule is O=[N+]([O-])c1ccccc1NCCCN1CCCC1. The highest BCUT2D eigenvalue weighted by atomic mass is 16.6. The summed E-state index contributed by atoms with van der Waals surface area (Å²) >= 11 is 0. The Bertz CT molecular complexity index is 403. The summed E-state index contributed by atoms with van der Waals surface area (Å²) in [6.45, 7) is 4.26. The molecule has 0 aromatic heterocycles. The van der Waals surface area contributed by atoms with Crippen LogP contribution in [0.1, 0.15) is 19.3 Å². The highest BCUT2D eigenvalue weighted by Crippen LogP contribution is 2.22. The molecule has 1 fully saturated rings. The summed E-state index contributed by atoms with van der Waals surface area (Å²) in [5, 5.41) is 14.0. The van der Waals surface area contributed by atoms with E-state index in [-0.39, 0.29) is 10.6 Å². The number of likely N-dealkylation sites (tertiary alicyclic amines) is 1. The second kappa shape index (κ2) is 6.35. The molecule has 0 aliphatic carbocycles. The van der Waals surface area contributed by atoms with Gasteiger partial charge in [0, 0.05) is 12.6 Å². The van der Waals surface area contributed by atoms with E-state index in [2.05, 4.69) is 10.2 Å². The lowest BCUT2D eigenvalue weighted by atomic mass is 10.2. The van der Waals surface area contributed by atoms with E-state index in [1.54, 1.807) is 12.1 Å². The molecule has 1 saturated heterocycles. The minimum atomic E-state index is -0.344. The fourth-order valence-electron chi connectivity index (χ4n) is 2.31. The van der Waals surface area contributed by atoms with Crippen molar-refractivity contribution in [3.63, 3.8) is 0 Å². The molecular weight excluding hydrogens is 230 g/mol. The number of hydrogen-bond acceptors (Lipinski definition) is 4. The first-order valence-corrected chi connectivity index (χ1v) is 6.47. The van der Waals surface area contributed by atoms with Crippen molar-refractivity contribution in [2.45, 2.75) is 19.3 Å². The van der Waals surface area contributed by atoms with Crippen LogP contribution < -0.4 is 5.32 Å². The molecule has 1 aromatic rings. The molecule has 0 radical (unpaired) electrons. The van der Waals surface area contributed by atoms with E-state index < -0.39 is 0 Å². The number of hydrogen-bond donors (Lipinski definition) is 1. The van der Waals surface area contributed by atoms with Gasteiger partial charge in [0.2, 0.25) is 0 Å². The zero-order chi connectivity index (χ0) is 12.8. The van der Waals surface area contributed by atoms with Crippen molar-refractivity contribution in [1.82, 2.24) is 4.90 Å². The largest absolute Gasteiger partial charge is 0.379 e. The Labute approximate surface area is 107 Å². The third kappa shape index (κ3) is 3.43. The number of nitro benzene ring substituents is 1. The Morgan fingerprint density at radius 3 is 2.72 bits per heavy atom. The molecule has 2 rings (SSSR count). The van der Waals surface area contributed by atoms with Gasteiger partial charge in [0.1, 0.15) is 5.69 Å². The molecule has 1 aromatic carbocycles. The molecule has 1 aliphatic rings. The lowest BCUT2D eigenvalue weighted by Crippen LogP contribution is -2.22. The molecule has 5 nitrogen and oxygen atoms in total. The zero-order valence-corrected chi connectivity index (χ0v) is 10.5. The van der Waals surface area contributed by atoms with Crippen LogP contribution >= 0.6 is 0 Å². The van der Waals surface area contributed by atoms with Gasteiger partial charge >= 0.3 is 0 Å². The van der Waals surface area contributed by atoms with Crippen molar-refractivity contribution in [3.05, 3.63) is 34.4 Å². The van der Waals surface area contributed by atoms with Gasteiger partial charge in [-0.05, 0) is 45.0 Å². The van der Waals surface area contributed by atoms with Gasteiger partial charge < -0.3 is 10.2 Å². The number of nitro groups is 1. The molecule has 18 heavy (non-hydrogen) atoms. The topological polar surface area (TPSA) is 58.4 Å². The quantitative estimate of drug-likeness (QED) is 0.478. The van der Waals surface area contributed by atoms with Crippen LogP contribution in [-0.2, 0) is 0 Å². The smallest absolute Gasteiger partial charge is 0.292 e. The van der Waals surface area contributed by atoms with Crippen molar-refractivity contribution < 1.29 is 4.92 Å². The lowest BCUT2D eigenvalue weighted by Gasteiger charge is -2.14. The van der Waals surface area contributed by atoms with E-state index >= 15 is 0 Å². The normalized spacial score (nSPS) is 15.8. The molecule has 5 heteroatoms. The van der Waals surface area contributed by atoms with Crippen molar-refractivity contribution in [3.8, 4) is 0 Å². The highest BCUT2D eigenvalue weighted by molar-refractivity contribution is 5.60. The van der Waals surface area contributed by atoms with Crippen LogP contribution in [0, 0.1) is 10.1 Å². The van der Waals surface area contributed by atoms with Gasteiger partial charge in [-0.1, -0.05) is 12.1 Å². The summed E-state index contributed by atoms with van der Waals surface area (Å²) in [4.78, 5) is 12.9. The summed E-state index contributed by atoms with van der Waals surface area (Å²) < 4.78 is 0. The van der Waals surface area contributed by atoms with Gasteiger partial charge in [0.25, 0.3) is 5.69 Å². The first kappa shape index (κ1) is 12.8. The minimum Gasteiger partial charge on any atom is -0.379 e. The van der Waals surface area contributed by atoms with E-state index in [0.717, 1.165) is 19.5 Å². The molecule has 1 aliphatic heterocycles. The fourth-order valence-corrected chi connectivity index (χ4v) is 2.31. The average Bonchev–Trinajstić information content (AvgIpc) is 2.88. The van der Waals surface area contributed by atoms with Gasteiger partial charge in [-0.25, -0.2) is 0 Å². The first-order chi connectivity index (χ1) is 8.77. The fraction of sp³-hybridized carbons (Fsp3) is 0.538. The van der Waals surface area contributed by atoms with E-state index in [9.17, 15) is 10.1 Å². The van der Waals surface area contributed by atoms with E-state index in [1.165, 1.54) is 32.0 Å². The zero-order valence-electron chi connectivity index (χ0n) is 10.5. The molecule has 1 N–H and O–H groups in total. The Morgan fingerprint density at radius 2 is 2.00 bits per heavy atom. The van der Waals surface area contributed by atoms with Crippen LogP contribution in [0.5, 0.6) is 0 Å². The average molecular weight is 249 g/mol. The first-order valence-electron chi connectivity index (χ1n) is 6.47. The molecule has 0 amide bonds. The summed E-state index contributed by atoms with van der Waals surface area (Å²) in [6.07, 6.45) is 3.63. The number of anilines is 1. The maximum atomic E-state index is 10.8. The molecule has 0 unspecified atom stereocenters. The van der Waals surface area contributed by atoms with E-state index in [0.29, 0.717) is 5.69 Å². The molecule has 1 heterocycles. The molecule has 0 spiro atoms. The second-order valence-electron chi connectivity index (χ2n) is 4.60. The number of nitrogens with one attached hydrogen (secondary N) is 1. The predicted molar refractivity (Wildman–Crippen MR) is 71.9 cm³/mol. The maximum absolute atomic E-state index is 10.8. The monoisotopic (exact) mass is 249 g/mol. The number of benzene rings is 1. The van der Waals surface area contributed by atoms with Gasteiger partial charge in [0.15, 0.2) is 0 Å². The van der Waals surface area contributed by atoms with Crippen LogP contribution in [0.3, 0.4) is 0 Å². The Morgan fingerprint density at radius 1 is 1.28 bits per heavy atom. The van der Waals surface area contributed by atoms with Crippen LogP contribution in [0.2, 0.25) is 0 Å². The molecule has 0 saturated carbocycles. The molecule has 0 atom stereocenters. The molecular formula is C13H19N3O2. The van der Waals surface area contributed by atoms with Crippen molar-refractivity contribution in [1.29, 1.82) is 0 Å². The van der Waals surface area contributed by atoms with Gasteiger partial charge in [-0.2, -0.15) is 0 Å². The van der Waals surface area contributed by atoms with Crippen molar-refractivity contribution in [2.75, 3.05) is 31.5 Å². The Kier molecular flexibility index (Phi) is 4.52.